The maximum atomic E-state index is 11.9. The maximum Gasteiger partial charge on any atom is 0.312 e. The molecule has 0 bridgehead atoms. The summed E-state index contributed by atoms with van der Waals surface area (Å²) in [5, 5.41) is 11.0. The fourth-order valence-corrected chi connectivity index (χ4v) is 2.50. The van der Waals surface area contributed by atoms with Gasteiger partial charge in [-0.15, -0.1) is 11.3 Å². The smallest absolute Gasteiger partial charge is 0.312 e. The molecule has 0 aliphatic heterocycles. The molecule has 5 heteroatoms. The zero-order valence-electron chi connectivity index (χ0n) is 10.0. The summed E-state index contributed by atoms with van der Waals surface area (Å²) in [4.78, 5) is 25.4. The Morgan fingerprint density at radius 3 is 2.47 bits per heavy atom. The van der Waals surface area contributed by atoms with Gasteiger partial charge in [-0.05, 0) is 25.3 Å². The highest BCUT2D eigenvalue weighted by Crippen LogP contribution is 2.25. The van der Waals surface area contributed by atoms with E-state index >= 15 is 0 Å². The molecule has 1 heterocycles. The number of amides is 1. The van der Waals surface area contributed by atoms with Crippen LogP contribution in [0.25, 0.3) is 0 Å². The predicted molar refractivity (Wildman–Crippen MR) is 67.2 cm³/mol. The summed E-state index contributed by atoms with van der Waals surface area (Å²) in [7, 11) is 0. The Kier molecular flexibility index (Phi) is 5.15. The third-order valence-electron chi connectivity index (χ3n) is 2.68. The highest BCUT2D eigenvalue weighted by atomic mass is 32.1. The van der Waals surface area contributed by atoms with Crippen molar-refractivity contribution in [3.8, 4) is 0 Å². The number of carbonyl (C=O) groups is 2. The second-order valence-electron chi connectivity index (χ2n) is 3.68. The van der Waals surface area contributed by atoms with Crippen molar-refractivity contribution in [3.63, 3.8) is 0 Å². The quantitative estimate of drug-likeness (QED) is 0.847. The summed E-state index contributed by atoms with van der Waals surface area (Å²) in [6, 6.07) is 3.57. The Labute approximate surface area is 105 Å². The Morgan fingerprint density at radius 1 is 1.41 bits per heavy atom. The van der Waals surface area contributed by atoms with E-state index in [9.17, 15) is 9.59 Å². The lowest BCUT2D eigenvalue weighted by molar-refractivity contribution is -0.142. The van der Waals surface area contributed by atoms with Crippen molar-refractivity contribution in [3.05, 3.63) is 22.4 Å². The van der Waals surface area contributed by atoms with Crippen LogP contribution in [0, 0.1) is 0 Å². The van der Waals surface area contributed by atoms with Crippen LogP contribution < -0.4 is 0 Å². The van der Waals surface area contributed by atoms with Crippen LogP contribution in [-0.4, -0.2) is 35.0 Å². The molecule has 4 nitrogen and oxygen atoms in total. The van der Waals surface area contributed by atoms with Gasteiger partial charge < -0.3 is 10.0 Å². The van der Waals surface area contributed by atoms with E-state index in [-0.39, 0.29) is 12.3 Å². The third-order valence-corrected chi connectivity index (χ3v) is 3.67. The maximum absolute atomic E-state index is 11.9. The van der Waals surface area contributed by atoms with Gasteiger partial charge in [0.1, 0.15) is 0 Å². The van der Waals surface area contributed by atoms with Gasteiger partial charge in [-0.1, -0.05) is 6.07 Å². The molecule has 0 aromatic carbocycles. The number of carbonyl (C=O) groups excluding carboxylic acids is 1. The molecule has 94 valence electrons. The molecule has 0 saturated heterocycles. The first kappa shape index (κ1) is 13.7. The Bertz CT molecular complexity index is 371. The number of nitrogens with zero attached hydrogens (tertiary/aromatic N) is 1. The van der Waals surface area contributed by atoms with E-state index in [1.54, 1.807) is 17.0 Å². The molecule has 1 rings (SSSR count). The van der Waals surface area contributed by atoms with Crippen molar-refractivity contribution in [2.24, 2.45) is 0 Å². The van der Waals surface area contributed by atoms with E-state index < -0.39 is 11.9 Å². The summed E-state index contributed by atoms with van der Waals surface area (Å²) in [5.74, 6) is -1.76. The molecule has 0 radical (unpaired) electrons. The Morgan fingerprint density at radius 2 is 2.06 bits per heavy atom. The predicted octanol–water partition coefficient (Wildman–Crippen LogP) is 2.17. The SMILES string of the molecule is CCN(CC)C(=O)CC(C(=O)O)c1cccs1. The van der Waals surface area contributed by atoms with Crippen LogP contribution in [0.15, 0.2) is 17.5 Å². The van der Waals surface area contributed by atoms with Gasteiger partial charge in [-0.25, -0.2) is 0 Å². The van der Waals surface area contributed by atoms with Gasteiger partial charge in [0.2, 0.25) is 5.91 Å². The van der Waals surface area contributed by atoms with Crippen molar-refractivity contribution >= 4 is 23.2 Å². The van der Waals surface area contributed by atoms with E-state index in [4.69, 9.17) is 5.11 Å². The van der Waals surface area contributed by atoms with Crippen LogP contribution in [-0.2, 0) is 9.59 Å². The number of rotatable bonds is 6. The Hall–Kier alpha value is -1.36. The van der Waals surface area contributed by atoms with Crippen LogP contribution in [0.4, 0.5) is 0 Å². The average molecular weight is 255 g/mol. The fraction of sp³-hybridized carbons (Fsp3) is 0.500. The van der Waals surface area contributed by atoms with Gasteiger partial charge in [0.25, 0.3) is 0 Å². The summed E-state index contributed by atoms with van der Waals surface area (Å²) >= 11 is 1.38. The van der Waals surface area contributed by atoms with Crippen LogP contribution in [0.5, 0.6) is 0 Å². The molecule has 1 atom stereocenters. The summed E-state index contributed by atoms with van der Waals surface area (Å²) in [6.45, 7) is 5.02. The van der Waals surface area contributed by atoms with Crippen molar-refractivity contribution in [2.45, 2.75) is 26.2 Å². The standard InChI is InChI=1S/C12H17NO3S/c1-3-13(4-2)11(14)8-9(12(15)16)10-6-5-7-17-10/h5-7,9H,3-4,8H2,1-2H3,(H,15,16). The zero-order chi connectivity index (χ0) is 12.8. The molecular formula is C12H17NO3S. The minimum absolute atomic E-state index is 0.0392. The molecule has 0 aliphatic rings. The Balaban J connectivity index is 2.75. The van der Waals surface area contributed by atoms with E-state index in [2.05, 4.69) is 0 Å². The lowest BCUT2D eigenvalue weighted by atomic mass is 10.0. The molecule has 0 saturated carbocycles. The summed E-state index contributed by atoms with van der Waals surface area (Å²) in [6.07, 6.45) is 0.0392. The fourth-order valence-electron chi connectivity index (χ4n) is 1.68. The summed E-state index contributed by atoms with van der Waals surface area (Å²) < 4.78 is 0. The van der Waals surface area contributed by atoms with Gasteiger partial charge in [-0.2, -0.15) is 0 Å². The zero-order valence-corrected chi connectivity index (χ0v) is 10.9. The molecule has 1 aromatic rings. The average Bonchev–Trinajstić information content (AvgIpc) is 2.80. The van der Waals surface area contributed by atoms with Crippen molar-refractivity contribution < 1.29 is 14.7 Å². The van der Waals surface area contributed by atoms with Gasteiger partial charge in [0.05, 0.1) is 5.92 Å². The van der Waals surface area contributed by atoms with E-state index in [1.165, 1.54) is 11.3 Å². The van der Waals surface area contributed by atoms with Gasteiger partial charge in [0, 0.05) is 24.4 Å². The first-order valence-corrected chi connectivity index (χ1v) is 6.52. The van der Waals surface area contributed by atoms with Crippen molar-refractivity contribution in [2.75, 3.05) is 13.1 Å². The second-order valence-corrected chi connectivity index (χ2v) is 4.66. The van der Waals surface area contributed by atoms with Gasteiger partial charge in [0.15, 0.2) is 0 Å². The van der Waals surface area contributed by atoms with Crippen LogP contribution in [0.1, 0.15) is 31.1 Å². The molecule has 1 N–H and O–H groups in total. The van der Waals surface area contributed by atoms with E-state index in [1.807, 2.05) is 19.2 Å². The topological polar surface area (TPSA) is 57.6 Å². The van der Waals surface area contributed by atoms with E-state index in [0.717, 1.165) is 4.88 Å². The van der Waals surface area contributed by atoms with Crippen molar-refractivity contribution in [1.82, 2.24) is 4.90 Å². The lowest BCUT2D eigenvalue weighted by Gasteiger charge is -2.20. The van der Waals surface area contributed by atoms with E-state index in [0.29, 0.717) is 13.1 Å². The minimum Gasteiger partial charge on any atom is -0.481 e. The number of carboxylic acid groups (broad SMARTS) is 1. The molecule has 1 aromatic heterocycles. The second kappa shape index (κ2) is 6.39. The molecule has 17 heavy (non-hydrogen) atoms. The van der Waals surface area contributed by atoms with Gasteiger partial charge >= 0.3 is 5.97 Å². The summed E-state index contributed by atoms with van der Waals surface area (Å²) in [5.41, 5.74) is 0. The lowest BCUT2D eigenvalue weighted by Crippen LogP contribution is -2.32. The number of carboxylic acids is 1. The molecular weight excluding hydrogens is 238 g/mol. The van der Waals surface area contributed by atoms with Crippen LogP contribution in [0.3, 0.4) is 0 Å². The first-order chi connectivity index (χ1) is 8.10. The molecule has 0 aliphatic carbocycles. The third kappa shape index (κ3) is 3.56. The van der Waals surface area contributed by atoms with Gasteiger partial charge in [-0.3, -0.25) is 9.59 Å². The number of hydrogen-bond donors (Lipinski definition) is 1. The van der Waals surface area contributed by atoms with Crippen molar-refractivity contribution in [1.29, 1.82) is 0 Å². The minimum atomic E-state index is -0.937. The molecule has 1 unspecified atom stereocenters. The monoisotopic (exact) mass is 255 g/mol. The molecule has 1 amide bonds. The highest BCUT2D eigenvalue weighted by molar-refractivity contribution is 7.10. The largest absolute Gasteiger partial charge is 0.481 e. The van der Waals surface area contributed by atoms with Crippen LogP contribution in [0.2, 0.25) is 0 Å². The number of hydrogen-bond acceptors (Lipinski definition) is 3. The number of thiophene rings is 1. The molecule has 0 fully saturated rings. The molecule has 0 spiro atoms. The number of aliphatic carboxylic acids is 1. The van der Waals surface area contributed by atoms with Crippen LogP contribution >= 0.6 is 11.3 Å². The first-order valence-electron chi connectivity index (χ1n) is 5.64. The normalized spacial score (nSPS) is 12.1. The highest BCUT2D eigenvalue weighted by Gasteiger charge is 2.25.